The first-order valence-corrected chi connectivity index (χ1v) is 9.01. The lowest BCUT2D eigenvalue weighted by molar-refractivity contribution is -0.385. The second-order valence-electron chi connectivity index (χ2n) is 6.96. The number of ether oxygens (including phenoxy) is 2. The molecule has 144 valence electrons. The van der Waals surface area contributed by atoms with Gasteiger partial charge < -0.3 is 14.8 Å². The Morgan fingerprint density at radius 3 is 2.61 bits per heavy atom. The van der Waals surface area contributed by atoms with Crippen LogP contribution < -0.4 is 10.1 Å². The van der Waals surface area contributed by atoms with E-state index in [2.05, 4.69) is 17.5 Å². The average molecular weight is 380 g/mol. The molecule has 0 saturated heterocycles. The third-order valence-electron chi connectivity index (χ3n) is 5.54. The largest absolute Gasteiger partial charge is 0.494 e. The molecule has 2 aliphatic rings. The predicted octanol–water partition coefficient (Wildman–Crippen LogP) is 4.22. The van der Waals surface area contributed by atoms with E-state index in [-0.39, 0.29) is 29.5 Å². The summed E-state index contributed by atoms with van der Waals surface area (Å²) in [6, 6.07) is 10.4. The number of allylic oxidation sites excluding steroid dienone is 2. The molecule has 4 rings (SSSR count). The molecule has 3 atom stereocenters. The molecule has 0 unspecified atom stereocenters. The number of anilines is 1. The molecule has 0 amide bonds. The number of nitrogens with zero attached hydrogens (tertiary/aromatic N) is 1. The molecule has 0 aromatic heterocycles. The van der Waals surface area contributed by atoms with Crippen LogP contribution in [0.25, 0.3) is 0 Å². The number of non-ortho nitro benzene ring substituents is 1. The topological polar surface area (TPSA) is 90.7 Å². The van der Waals surface area contributed by atoms with Crippen molar-refractivity contribution in [2.45, 2.75) is 18.4 Å². The maximum atomic E-state index is 11.7. The van der Waals surface area contributed by atoms with E-state index >= 15 is 0 Å². The highest BCUT2D eigenvalue weighted by Gasteiger charge is 2.40. The number of carbonyl (C=O) groups is 1. The molecule has 1 heterocycles. The molecule has 7 nitrogen and oxygen atoms in total. The summed E-state index contributed by atoms with van der Waals surface area (Å²) in [5.74, 6) is 0.375. The fourth-order valence-corrected chi connectivity index (χ4v) is 4.19. The molecule has 0 bridgehead atoms. The Bertz CT molecular complexity index is 968. The van der Waals surface area contributed by atoms with Gasteiger partial charge in [-0.05, 0) is 35.6 Å². The van der Waals surface area contributed by atoms with Gasteiger partial charge in [0.1, 0.15) is 5.75 Å². The number of nitro groups is 1. The second kappa shape index (κ2) is 6.99. The first-order chi connectivity index (χ1) is 13.5. The van der Waals surface area contributed by atoms with Crippen molar-refractivity contribution in [3.8, 4) is 5.75 Å². The first-order valence-electron chi connectivity index (χ1n) is 9.01. The number of esters is 1. The summed E-state index contributed by atoms with van der Waals surface area (Å²) in [6.45, 7) is 0. The second-order valence-corrected chi connectivity index (χ2v) is 6.96. The molecule has 1 aliphatic heterocycles. The Labute approximate surface area is 162 Å². The summed E-state index contributed by atoms with van der Waals surface area (Å²) in [6.07, 6.45) is 5.10. The van der Waals surface area contributed by atoms with Gasteiger partial charge in [0.05, 0.1) is 42.5 Å². The van der Waals surface area contributed by atoms with Gasteiger partial charge in [-0.1, -0.05) is 24.3 Å². The zero-order valence-electron chi connectivity index (χ0n) is 15.5. The molecular formula is C21H20N2O5. The Morgan fingerprint density at radius 1 is 1.21 bits per heavy atom. The van der Waals surface area contributed by atoms with Gasteiger partial charge in [-0.2, -0.15) is 0 Å². The summed E-state index contributed by atoms with van der Waals surface area (Å²) in [7, 11) is 2.87. The summed E-state index contributed by atoms with van der Waals surface area (Å²) in [5.41, 5.74) is 3.22. The number of nitrogens with one attached hydrogen (secondary N) is 1. The zero-order chi connectivity index (χ0) is 19.8. The van der Waals surface area contributed by atoms with Gasteiger partial charge in [-0.25, -0.2) is 4.79 Å². The fourth-order valence-electron chi connectivity index (χ4n) is 4.19. The van der Waals surface area contributed by atoms with Crippen LogP contribution in [0.3, 0.4) is 0 Å². The van der Waals surface area contributed by atoms with Crippen molar-refractivity contribution in [2.75, 3.05) is 19.5 Å². The van der Waals surface area contributed by atoms with Crippen molar-refractivity contribution < 1.29 is 19.2 Å². The van der Waals surface area contributed by atoms with E-state index in [4.69, 9.17) is 9.47 Å². The van der Waals surface area contributed by atoms with Crippen molar-refractivity contribution >= 4 is 17.3 Å². The molecule has 0 fully saturated rings. The molecule has 1 N–H and O–H groups in total. The number of fused-ring (bicyclic) bond motifs is 3. The van der Waals surface area contributed by atoms with Gasteiger partial charge in [0, 0.05) is 12.0 Å². The lowest BCUT2D eigenvalue weighted by Gasteiger charge is -2.38. The minimum Gasteiger partial charge on any atom is -0.494 e. The van der Waals surface area contributed by atoms with E-state index < -0.39 is 4.92 Å². The Hall–Kier alpha value is -3.35. The molecule has 2 aromatic carbocycles. The molecule has 1 aliphatic carbocycles. The van der Waals surface area contributed by atoms with Crippen molar-refractivity contribution in [3.63, 3.8) is 0 Å². The van der Waals surface area contributed by atoms with Crippen LogP contribution in [-0.4, -0.2) is 25.1 Å². The number of hydrogen-bond acceptors (Lipinski definition) is 6. The minimum atomic E-state index is -0.395. The van der Waals surface area contributed by atoms with Gasteiger partial charge in [-0.3, -0.25) is 10.1 Å². The van der Waals surface area contributed by atoms with Crippen molar-refractivity contribution in [1.82, 2.24) is 0 Å². The molecule has 0 saturated carbocycles. The lowest BCUT2D eigenvalue weighted by atomic mass is 9.76. The molecule has 2 aromatic rings. The highest BCUT2D eigenvalue weighted by Crippen LogP contribution is 2.53. The smallest absolute Gasteiger partial charge is 0.337 e. The van der Waals surface area contributed by atoms with Crippen LogP contribution in [0, 0.1) is 16.0 Å². The zero-order valence-corrected chi connectivity index (χ0v) is 15.5. The highest BCUT2D eigenvalue weighted by atomic mass is 16.6. The SMILES string of the molecule is COC(=O)c1ccc([C@@H]2Nc3c(OC)cc([N+](=O)[O-])cc3[C@H]3C=CC[C@@H]32)cc1. The minimum absolute atomic E-state index is 0.00504. The normalized spacial score (nSPS) is 22.0. The number of nitro benzene ring substituents is 1. The van der Waals surface area contributed by atoms with Gasteiger partial charge in [0.2, 0.25) is 0 Å². The predicted molar refractivity (Wildman–Crippen MR) is 104 cm³/mol. The van der Waals surface area contributed by atoms with E-state index in [1.165, 1.54) is 20.3 Å². The molecular weight excluding hydrogens is 360 g/mol. The summed E-state index contributed by atoms with van der Waals surface area (Å²) < 4.78 is 10.2. The van der Waals surface area contributed by atoms with Crippen LogP contribution in [0.5, 0.6) is 5.75 Å². The van der Waals surface area contributed by atoms with E-state index in [9.17, 15) is 14.9 Å². The third kappa shape index (κ3) is 2.89. The van der Waals surface area contributed by atoms with Gasteiger partial charge in [0.25, 0.3) is 5.69 Å². The Kier molecular flexibility index (Phi) is 4.50. The number of rotatable bonds is 4. The fraction of sp³-hybridized carbons (Fsp3) is 0.286. The third-order valence-corrected chi connectivity index (χ3v) is 5.54. The number of carbonyl (C=O) groups excluding carboxylic acids is 1. The van der Waals surface area contributed by atoms with Crippen LogP contribution in [0.4, 0.5) is 11.4 Å². The van der Waals surface area contributed by atoms with Crippen LogP contribution in [0.15, 0.2) is 48.6 Å². The number of benzene rings is 2. The maximum Gasteiger partial charge on any atom is 0.337 e. The van der Waals surface area contributed by atoms with Gasteiger partial charge in [0.15, 0.2) is 0 Å². The van der Waals surface area contributed by atoms with Crippen molar-refractivity contribution in [3.05, 3.63) is 75.4 Å². The van der Waals surface area contributed by atoms with Crippen LogP contribution >= 0.6 is 0 Å². The van der Waals surface area contributed by atoms with Crippen molar-refractivity contribution in [1.29, 1.82) is 0 Å². The van der Waals surface area contributed by atoms with Gasteiger partial charge in [-0.15, -0.1) is 0 Å². The van der Waals surface area contributed by atoms with Crippen LogP contribution in [0.2, 0.25) is 0 Å². The average Bonchev–Trinajstić information content (AvgIpc) is 3.22. The van der Waals surface area contributed by atoms with E-state index in [0.29, 0.717) is 11.3 Å². The molecule has 28 heavy (non-hydrogen) atoms. The van der Waals surface area contributed by atoms with E-state index in [1.54, 1.807) is 18.2 Å². The molecule has 0 radical (unpaired) electrons. The molecule has 0 spiro atoms. The summed E-state index contributed by atoms with van der Waals surface area (Å²) >= 11 is 0. The first kappa shape index (κ1) is 18.0. The van der Waals surface area contributed by atoms with Crippen molar-refractivity contribution in [2.24, 2.45) is 5.92 Å². The standard InChI is InChI=1S/C21H20N2O5/c1-27-18-11-14(23(25)26)10-17-15-4-3-5-16(15)19(22-20(17)18)12-6-8-13(9-7-12)21(24)28-2/h3-4,6-11,15-16,19,22H,5H2,1-2H3/t15-,16-,19-/m0/s1. The number of hydrogen-bond donors (Lipinski definition) is 1. The summed E-state index contributed by atoms with van der Waals surface area (Å²) in [5, 5.41) is 14.8. The van der Waals surface area contributed by atoms with Gasteiger partial charge >= 0.3 is 5.97 Å². The Morgan fingerprint density at radius 2 is 1.96 bits per heavy atom. The monoisotopic (exact) mass is 380 g/mol. The van der Waals surface area contributed by atoms with Crippen LogP contribution in [-0.2, 0) is 4.74 Å². The highest BCUT2D eigenvalue weighted by molar-refractivity contribution is 5.89. The summed E-state index contributed by atoms with van der Waals surface area (Å²) in [4.78, 5) is 22.6. The number of methoxy groups -OCH3 is 2. The van der Waals surface area contributed by atoms with E-state index in [1.807, 2.05) is 12.1 Å². The Balaban J connectivity index is 1.76. The molecule has 7 heteroatoms. The van der Waals surface area contributed by atoms with E-state index in [0.717, 1.165) is 23.2 Å². The lowest BCUT2D eigenvalue weighted by Crippen LogP contribution is -2.29. The van der Waals surface area contributed by atoms with Crippen LogP contribution in [0.1, 0.15) is 39.9 Å². The quantitative estimate of drug-likeness (QED) is 0.370. The maximum absolute atomic E-state index is 11.7.